The summed E-state index contributed by atoms with van der Waals surface area (Å²) in [5.41, 5.74) is 1.32. The SMILES string of the molecule is O=C(C1CC2CCC1C2)N1CCCC1c1ccccc1. The highest BCUT2D eigenvalue weighted by Gasteiger charge is 2.46. The Morgan fingerprint density at radius 3 is 2.60 bits per heavy atom. The molecule has 2 heteroatoms. The van der Waals surface area contributed by atoms with Crippen molar-refractivity contribution in [2.75, 3.05) is 6.54 Å². The first-order chi connectivity index (χ1) is 9.83. The second kappa shape index (κ2) is 4.91. The lowest BCUT2D eigenvalue weighted by Gasteiger charge is -2.31. The molecule has 2 bridgehead atoms. The molecule has 4 rings (SSSR count). The molecule has 1 heterocycles. The molecular formula is C18H23NO. The van der Waals surface area contributed by atoms with Gasteiger partial charge in [-0.3, -0.25) is 4.79 Å². The van der Waals surface area contributed by atoms with Crippen molar-refractivity contribution in [2.45, 2.75) is 44.6 Å². The summed E-state index contributed by atoms with van der Waals surface area (Å²) in [6, 6.07) is 10.9. The topological polar surface area (TPSA) is 20.3 Å². The summed E-state index contributed by atoms with van der Waals surface area (Å²) in [6.45, 7) is 0.965. The second-order valence-corrected chi connectivity index (χ2v) is 6.88. The summed E-state index contributed by atoms with van der Waals surface area (Å²) >= 11 is 0. The maximum Gasteiger partial charge on any atom is 0.226 e. The molecule has 20 heavy (non-hydrogen) atoms. The first kappa shape index (κ1) is 12.4. The maximum atomic E-state index is 12.9. The highest BCUT2D eigenvalue weighted by Crippen LogP contribution is 2.50. The molecule has 1 aliphatic heterocycles. The minimum Gasteiger partial charge on any atom is -0.335 e. The third-order valence-electron chi connectivity index (χ3n) is 5.78. The quantitative estimate of drug-likeness (QED) is 0.800. The van der Waals surface area contributed by atoms with E-state index in [9.17, 15) is 4.79 Å². The van der Waals surface area contributed by atoms with Crippen LogP contribution in [-0.2, 0) is 4.79 Å². The molecule has 1 amide bonds. The van der Waals surface area contributed by atoms with Crippen molar-refractivity contribution >= 4 is 5.91 Å². The van der Waals surface area contributed by atoms with E-state index in [-0.39, 0.29) is 0 Å². The first-order valence-corrected chi connectivity index (χ1v) is 8.18. The Morgan fingerprint density at radius 1 is 1.05 bits per heavy atom. The zero-order valence-electron chi connectivity index (χ0n) is 12.0. The van der Waals surface area contributed by atoms with Gasteiger partial charge in [0.05, 0.1) is 6.04 Å². The van der Waals surface area contributed by atoms with Gasteiger partial charge in [0.15, 0.2) is 0 Å². The van der Waals surface area contributed by atoms with Gasteiger partial charge in [-0.25, -0.2) is 0 Å². The van der Waals surface area contributed by atoms with Gasteiger partial charge in [0.1, 0.15) is 0 Å². The lowest BCUT2D eigenvalue weighted by Crippen LogP contribution is -2.37. The van der Waals surface area contributed by atoms with E-state index in [0.717, 1.165) is 25.3 Å². The Balaban J connectivity index is 1.54. The smallest absolute Gasteiger partial charge is 0.226 e. The molecule has 0 N–H and O–H groups in total. The van der Waals surface area contributed by atoms with Crippen LogP contribution in [0, 0.1) is 17.8 Å². The average molecular weight is 269 g/mol. The minimum atomic E-state index is 0.336. The molecule has 106 valence electrons. The number of rotatable bonds is 2. The number of fused-ring (bicyclic) bond motifs is 2. The summed E-state index contributed by atoms with van der Waals surface area (Å²) in [6.07, 6.45) is 7.45. The largest absolute Gasteiger partial charge is 0.335 e. The van der Waals surface area contributed by atoms with E-state index in [1.54, 1.807) is 0 Å². The fraction of sp³-hybridized carbons (Fsp3) is 0.611. The highest BCUT2D eigenvalue weighted by atomic mass is 16.2. The predicted octanol–water partition coefficient (Wildman–Crippen LogP) is 3.79. The molecule has 2 nitrogen and oxygen atoms in total. The van der Waals surface area contributed by atoms with Crippen molar-refractivity contribution in [3.63, 3.8) is 0 Å². The van der Waals surface area contributed by atoms with Gasteiger partial charge in [-0.05, 0) is 49.5 Å². The Hall–Kier alpha value is -1.31. The molecule has 2 aliphatic carbocycles. The van der Waals surface area contributed by atoms with Crippen LogP contribution >= 0.6 is 0 Å². The van der Waals surface area contributed by atoms with Gasteiger partial charge >= 0.3 is 0 Å². The van der Waals surface area contributed by atoms with Crippen molar-refractivity contribution in [2.24, 2.45) is 17.8 Å². The van der Waals surface area contributed by atoms with Gasteiger partial charge in [-0.15, -0.1) is 0 Å². The summed E-state index contributed by atoms with van der Waals surface area (Å²) in [4.78, 5) is 15.1. The molecule has 1 aromatic rings. The lowest BCUT2D eigenvalue weighted by atomic mass is 9.87. The second-order valence-electron chi connectivity index (χ2n) is 6.88. The number of hydrogen-bond donors (Lipinski definition) is 0. The highest BCUT2D eigenvalue weighted by molar-refractivity contribution is 5.80. The van der Waals surface area contributed by atoms with E-state index in [1.165, 1.54) is 31.2 Å². The number of carbonyl (C=O) groups is 1. The van der Waals surface area contributed by atoms with E-state index in [0.29, 0.717) is 23.8 Å². The standard InChI is InChI=1S/C18H23NO/c20-18(16-12-13-8-9-15(16)11-13)19-10-4-7-17(19)14-5-2-1-3-6-14/h1-3,5-6,13,15-17H,4,7-12H2. The number of amides is 1. The molecule has 4 atom stereocenters. The first-order valence-electron chi connectivity index (χ1n) is 8.18. The summed E-state index contributed by atoms with van der Waals surface area (Å²) in [5, 5.41) is 0. The molecule has 0 aromatic heterocycles. The van der Waals surface area contributed by atoms with Gasteiger partial charge < -0.3 is 4.90 Å². The van der Waals surface area contributed by atoms with Gasteiger partial charge in [0.25, 0.3) is 0 Å². The Morgan fingerprint density at radius 2 is 1.90 bits per heavy atom. The van der Waals surface area contributed by atoms with Gasteiger partial charge in [-0.1, -0.05) is 36.8 Å². The number of carbonyl (C=O) groups excluding carboxylic acids is 1. The predicted molar refractivity (Wildman–Crippen MR) is 79.1 cm³/mol. The lowest BCUT2D eigenvalue weighted by molar-refractivity contribution is -0.138. The van der Waals surface area contributed by atoms with Crippen molar-refractivity contribution in [1.82, 2.24) is 4.90 Å². The van der Waals surface area contributed by atoms with Crippen LogP contribution < -0.4 is 0 Å². The van der Waals surface area contributed by atoms with Crippen LogP contribution in [0.2, 0.25) is 0 Å². The van der Waals surface area contributed by atoms with Crippen molar-refractivity contribution < 1.29 is 4.79 Å². The number of likely N-dealkylation sites (tertiary alicyclic amines) is 1. The van der Waals surface area contributed by atoms with E-state index in [2.05, 4.69) is 35.2 Å². The van der Waals surface area contributed by atoms with Crippen molar-refractivity contribution in [1.29, 1.82) is 0 Å². The third-order valence-corrected chi connectivity index (χ3v) is 5.78. The zero-order chi connectivity index (χ0) is 13.5. The van der Waals surface area contributed by atoms with Gasteiger partial charge in [0, 0.05) is 12.5 Å². The van der Waals surface area contributed by atoms with Crippen LogP contribution in [0.25, 0.3) is 0 Å². The van der Waals surface area contributed by atoms with E-state index in [4.69, 9.17) is 0 Å². The Bertz CT molecular complexity index is 497. The monoisotopic (exact) mass is 269 g/mol. The molecule has 1 saturated heterocycles. The van der Waals surface area contributed by atoms with Gasteiger partial charge in [0.2, 0.25) is 5.91 Å². The normalized spacial score (nSPS) is 35.7. The van der Waals surface area contributed by atoms with Crippen LogP contribution in [-0.4, -0.2) is 17.4 Å². The van der Waals surface area contributed by atoms with Crippen molar-refractivity contribution in [3.8, 4) is 0 Å². The third kappa shape index (κ3) is 1.97. The fourth-order valence-corrected chi connectivity index (χ4v) is 4.81. The summed E-state index contributed by atoms with van der Waals surface area (Å²) in [5.74, 6) is 2.36. The summed E-state index contributed by atoms with van der Waals surface area (Å²) < 4.78 is 0. The van der Waals surface area contributed by atoms with E-state index < -0.39 is 0 Å². The van der Waals surface area contributed by atoms with Crippen LogP contribution in [0.15, 0.2) is 30.3 Å². The van der Waals surface area contributed by atoms with Crippen LogP contribution in [0.5, 0.6) is 0 Å². The molecule has 2 saturated carbocycles. The molecule has 0 spiro atoms. The molecule has 3 aliphatic rings. The summed E-state index contributed by atoms with van der Waals surface area (Å²) in [7, 11) is 0. The van der Waals surface area contributed by atoms with E-state index >= 15 is 0 Å². The Labute approximate surface area is 121 Å². The van der Waals surface area contributed by atoms with Gasteiger partial charge in [-0.2, -0.15) is 0 Å². The number of nitrogens with zero attached hydrogens (tertiary/aromatic N) is 1. The molecule has 0 radical (unpaired) electrons. The molecule has 3 fully saturated rings. The molecule has 4 unspecified atom stereocenters. The van der Waals surface area contributed by atoms with E-state index in [1.807, 2.05) is 0 Å². The van der Waals surface area contributed by atoms with Crippen LogP contribution in [0.1, 0.15) is 50.1 Å². The number of benzene rings is 1. The molecule has 1 aromatic carbocycles. The van der Waals surface area contributed by atoms with Crippen LogP contribution in [0.3, 0.4) is 0 Å². The fourth-order valence-electron chi connectivity index (χ4n) is 4.81. The Kier molecular flexibility index (Phi) is 3.05. The maximum absolute atomic E-state index is 12.9. The number of hydrogen-bond acceptors (Lipinski definition) is 1. The minimum absolute atomic E-state index is 0.336. The zero-order valence-corrected chi connectivity index (χ0v) is 12.0. The van der Waals surface area contributed by atoms with Crippen molar-refractivity contribution in [3.05, 3.63) is 35.9 Å². The average Bonchev–Trinajstić information content (AvgIpc) is 3.23. The van der Waals surface area contributed by atoms with Crippen LogP contribution in [0.4, 0.5) is 0 Å². The molecular weight excluding hydrogens is 246 g/mol.